The maximum Gasteiger partial charge on any atom is 0.0900 e. The molecule has 1 saturated heterocycles. The molecule has 1 aliphatic heterocycles. The van der Waals surface area contributed by atoms with E-state index < -0.39 is 0 Å². The number of epoxide rings is 1. The standard InChI is InChI=1S/C6H12OS/c1-5(2)8-4-6-3-7-6/h5-6H,3-4H2,1-2H3. The Kier molecular flexibility index (Phi) is 2.20. The molecule has 2 heteroatoms. The lowest BCUT2D eigenvalue weighted by molar-refractivity contribution is 0.426. The summed E-state index contributed by atoms with van der Waals surface area (Å²) in [6.07, 6.45) is 0.599. The fourth-order valence-corrected chi connectivity index (χ4v) is 1.26. The SMILES string of the molecule is CC(C)SCC1CO1. The van der Waals surface area contributed by atoms with Crippen LogP contribution in [0.2, 0.25) is 0 Å². The fourth-order valence-electron chi connectivity index (χ4n) is 0.464. The summed E-state index contributed by atoms with van der Waals surface area (Å²) in [6.45, 7) is 5.43. The average molecular weight is 132 g/mol. The second-order valence-electron chi connectivity index (χ2n) is 2.34. The molecule has 48 valence electrons. The van der Waals surface area contributed by atoms with Crippen molar-refractivity contribution in [2.45, 2.75) is 25.2 Å². The molecule has 8 heavy (non-hydrogen) atoms. The molecule has 1 unspecified atom stereocenters. The van der Waals surface area contributed by atoms with Gasteiger partial charge in [0.2, 0.25) is 0 Å². The minimum Gasteiger partial charge on any atom is -0.372 e. The fraction of sp³-hybridized carbons (Fsp3) is 1.00. The first-order chi connectivity index (χ1) is 3.79. The molecule has 1 fully saturated rings. The topological polar surface area (TPSA) is 12.5 Å². The van der Waals surface area contributed by atoms with Crippen molar-refractivity contribution in [3.05, 3.63) is 0 Å². The van der Waals surface area contributed by atoms with Crippen LogP contribution in [0.3, 0.4) is 0 Å². The summed E-state index contributed by atoms with van der Waals surface area (Å²) in [5.41, 5.74) is 0. The van der Waals surface area contributed by atoms with Crippen molar-refractivity contribution in [3.8, 4) is 0 Å². The van der Waals surface area contributed by atoms with Crippen molar-refractivity contribution < 1.29 is 4.74 Å². The van der Waals surface area contributed by atoms with Crippen molar-refractivity contribution >= 4 is 11.8 Å². The first-order valence-corrected chi connectivity index (χ1v) is 4.07. The summed E-state index contributed by atoms with van der Waals surface area (Å²) < 4.78 is 5.04. The molecule has 1 nitrogen and oxygen atoms in total. The number of hydrogen-bond acceptors (Lipinski definition) is 2. The maximum absolute atomic E-state index is 5.04. The van der Waals surface area contributed by atoms with E-state index in [-0.39, 0.29) is 0 Å². The number of thioether (sulfide) groups is 1. The molecule has 0 amide bonds. The highest BCUT2D eigenvalue weighted by molar-refractivity contribution is 7.99. The lowest BCUT2D eigenvalue weighted by Crippen LogP contribution is -1.94. The average Bonchev–Trinajstić information content (AvgIpc) is 2.41. The Balaban J connectivity index is 1.87. The summed E-state index contributed by atoms with van der Waals surface area (Å²) in [5.74, 6) is 1.19. The quantitative estimate of drug-likeness (QED) is 0.540. The molecule has 0 aromatic heterocycles. The van der Waals surface area contributed by atoms with Crippen molar-refractivity contribution in [1.29, 1.82) is 0 Å². The second-order valence-corrected chi connectivity index (χ2v) is 3.95. The van der Waals surface area contributed by atoms with E-state index in [0.29, 0.717) is 6.10 Å². The van der Waals surface area contributed by atoms with Gasteiger partial charge in [-0.3, -0.25) is 0 Å². The van der Waals surface area contributed by atoms with E-state index in [2.05, 4.69) is 13.8 Å². The number of rotatable bonds is 3. The highest BCUT2D eigenvalue weighted by Gasteiger charge is 2.21. The lowest BCUT2D eigenvalue weighted by atomic mass is 10.6. The van der Waals surface area contributed by atoms with Crippen molar-refractivity contribution in [3.63, 3.8) is 0 Å². The highest BCUT2D eigenvalue weighted by atomic mass is 32.2. The second kappa shape index (κ2) is 2.74. The lowest BCUT2D eigenvalue weighted by Gasteiger charge is -1.99. The van der Waals surface area contributed by atoms with E-state index in [0.717, 1.165) is 11.9 Å². The molecule has 0 saturated carbocycles. The van der Waals surface area contributed by atoms with Crippen molar-refractivity contribution in [2.24, 2.45) is 0 Å². The molecule has 0 radical (unpaired) electrons. The third-order valence-electron chi connectivity index (χ3n) is 1.02. The molecular weight excluding hydrogens is 120 g/mol. The molecule has 1 rings (SSSR count). The number of hydrogen-bond donors (Lipinski definition) is 0. The van der Waals surface area contributed by atoms with Crippen LogP contribution in [0.5, 0.6) is 0 Å². The molecule has 1 heterocycles. The van der Waals surface area contributed by atoms with Crippen LogP contribution < -0.4 is 0 Å². The Bertz CT molecular complexity index is 66.9. The molecular formula is C6H12OS. The van der Waals surface area contributed by atoms with E-state index in [1.165, 1.54) is 5.75 Å². The normalized spacial score (nSPS) is 26.6. The molecule has 0 spiro atoms. The van der Waals surface area contributed by atoms with Gasteiger partial charge in [0.25, 0.3) is 0 Å². The van der Waals surface area contributed by atoms with Gasteiger partial charge in [-0.1, -0.05) is 13.8 Å². The first-order valence-electron chi connectivity index (χ1n) is 3.02. The van der Waals surface area contributed by atoms with Gasteiger partial charge in [0.1, 0.15) is 0 Å². The predicted octanol–water partition coefficient (Wildman–Crippen LogP) is 1.53. The van der Waals surface area contributed by atoms with Crippen LogP contribution in [-0.4, -0.2) is 23.7 Å². The van der Waals surface area contributed by atoms with Crippen LogP contribution in [-0.2, 0) is 4.74 Å². The van der Waals surface area contributed by atoms with Gasteiger partial charge >= 0.3 is 0 Å². The summed E-state index contributed by atoms with van der Waals surface area (Å²) >= 11 is 1.98. The van der Waals surface area contributed by atoms with Gasteiger partial charge in [0, 0.05) is 5.75 Å². The van der Waals surface area contributed by atoms with Gasteiger partial charge < -0.3 is 4.74 Å². The van der Waals surface area contributed by atoms with Crippen LogP contribution in [0.25, 0.3) is 0 Å². The van der Waals surface area contributed by atoms with Gasteiger partial charge in [0.15, 0.2) is 0 Å². The first kappa shape index (κ1) is 6.43. The zero-order valence-corrected chi connectivity index (χ0v) is 6.20. The van der Waals surface area contributed by atoms with Gasteiger partial charge in [-0.2, -0.15) is 11.8 Å². The minimum absolute atomic E-state index is 0.599. The van der Waals surface area contributed by atoms with Gasteiger partial charge in [0.05, 0.1) is 12.7 Å². The van der Waals surface area contributed by atoms with E-state index in [9.17, 15) is 0 Å². The molecule has 1 atom stereocenters. The van der Waals surface area contributed by atoms with E-state index >= 15 is 0 Å². The molecule has 0 aromatic rings. The maximum atomic E-state index is 5.04. The Morgan fingerprint density at radius 1 is 1.75 bits per heavy atom. The molecule has 0 N–H and O–H groups in total. The van der Waals surface area contributed by atoms with Crippen molar-refractivity contribution in [2.75, 3.05) is 12.4 Å². The van der Waals surface area contributed by atoms with E-state index in [1.807, 2.05) is 11.8 Å². The third kappa shape index (κ3) is 2.58. The zero-order valence-electron chi connectivity index (χ0n) is 5.39. The molecule has 0 bridgehead atoms. The smallest absolute Gasteiger partial charge is 0.0900 e. The molecule has 1 aliphatic rings. The minimum atomic E-state index is 0.599. The highest BCUT2D eigenvalue weighted by Crippen LogP contribution is 2.18. The Labute approximate surface area is 54.8 Å². The van der Waals surface area contributed by atoms with Gasteiger partial charge in [-0.15, -0.1) is 0 Å². The Hall–Kier alpha value is 0.310. The van der Waals surface area contributed by atoms with E-state index in [1.54, 1.807) is 0 Å². The molecule has 0 aliphatic carbocycles. The predicted molar refractivity (Wildman–Crippen MR) is 37.3 cm³/mol. The van der Waals surface area contributed by atoms with Crippen LogP contribution >= 0.6 is 11.8 Å². The summed E-state index contributed by atoms with van der Waals surface area (Å²) in [7, 11) is 0. The molecule has 0 aromatic carbocycles. The zero-order chi connectivity index (χ0) is 5.98. The Morgan fingerprint density at radius 3 is 2.75 bits per heavy atom. The van der Waals surface area contributed by atoms with Crippen molar-refractivity contribution in [1.82, 2.24) is 0 Å². The van der Waals surface area contributed by atoms with E-state index in [4.69, 9.17) is 4.74 Å². The summed E-state index contributed by atoms with van der Waals surface area (Å²) in [5, 5.41) is 0.763. The Morgan fingerprint density at radius 2 is 2.38 bits per heavy atom. The number of ether oxygens (including phenoxy) is 1. The monoisotopic (exact) mass is 132 g/mol. The summed E-state index contributed by atoms with van der Waals surface area (Å²) in [6, 6.07) is 0. The van der Waals surface area contributed by atoms with Crippen LogP contribution in [0.1, 0.15) is 13.8 Å². The van der Waals surface area contributed by atoms with Crippen LogP contribution in [0.15, 0.2) is 0 Å². The van der Waals surface area contributed by atoms with Crippen LogP contribution in [0.4, 0.5) is 0 Å². The van der Waals surface area contributed by atoms with Gasteiger partial charge in [-0.05, 0) is 5.25 Å². The van der Waals surface area contributed by atoms with Gasteiger partial charge in [-0.25, -0.2) is 0 Å². The largest absolute Gasteiger partial charge is 0.372 e. The summed E-state index contributed by atoms with van der Waals surface area (Å²) in [4.78, 5) is 0. The van der Waals surface area contributed by atoms with Crippen LogP contribution in [0, 0.1) is 0 Å². The third-order valence-corrected chi connectivity index (χ3v) is 2.25.